The monoisotopic (exact) mass is 562 g/mol. The maximum absolute atomic E-state index is 14.5. The minimum Gasteiger partial charge on any atom is -0.353 e. The van der Waals surface area contributed by atoms with Gasteiger partial charge in [-0.2, -0.15) is 0 Å². The number of aromatic nitrogens is 2. The van der Waals surface area contributed by atoms with Crippen LogP contribution in [0.3, 0.4) is 0 Å². The Labute approximate surface area is 234 Å². The molecule has 5 rings (SSSR count). The minimum atomic E-state index is -1.03. The lowest BCUT2D eigenvalue weighted by molar-refractivity contribution is -0.133. The maximum Gasteiger partial charge on any atom is 0.231 e. The van der Waals surface area contributed by atoms with Crippen molar-refractivity contribution in [3.63, 3.8) is 0 Å². The first-order valence-electron chi connectivity index (χ1n) is 13.7. The molecule has 0 radical (unpaired) electrons. The van der Waals surface area contributed by atoms with Crippen LogP contribution in [-0.2, 0) is 4.79 Å². The van der Waals surface area contributed by atoms with Gasteiger partial charge in [-0.05, 0) is 43.9 Å². The zero-order valence-corrected chi connectivity index (χ0v) is 23.9. The lowest BCUT2D eigenvalue weighted by Crippen LogP contribution is -2.53. The Balaban J connectivity index is 1.30. The number of nitrogens with zero attached hydrogens (tertiary/aromatic N) is 6. The van der Waals surface area contributed by atoms with Crippen LogP contribution < -0.4 is 4.90 Å². The Hall–Kier alpha value is -2.00. The first kappa shape index (κ1) is 27.6. The molecule has 0 unspecified atom stereocenters. The first-order chi connectivity index (χ1) is 18.2. The van der Waals surface area contributed by atoms with Gasteiger partial charge in [0, 0.05) is 70.5 Å². The lowest BCUT2D eigenvalue weighted by Gasteiger charge is -2.40. The highest BCUT2D eigenvalue weighted by molar-refractivity contribution is 6.42. The summed E-state index contributed by atoms with van der Waals surface area (Å²) in [4.78, 5) is 31.7. The molecule has 206 valence electrons. The van der Waals surface area contributed by atoms with Crippen molar-refractivity contribution in [1.82, 2.24) is 24.7 Å². The van der Waals surface area contributed by atoms with Crippen LogP contribution in [0.4, 0.5) is 10.2 Å². The van der Waals surface area contributed by atoms with Crippen molar-refractivity contribution < 1.29 is 9.18 Å². The largest absolute Gasteiger partial charge is 0.353 e. The highest BCUT2D eigenvalue weighted by Crippen LogP contribution is 2.44. The van der Waals surface area contributed by atoms with Crippen LogP contribution >= 0.6 is 23.2 Å². The molecule has 7 nitrogen and oxygen atoms in total. The molecule has 3 atom stereocenters. The van der Waals surface area contributed by atoms with Gasteiger partial charge in [0.1, 0.15) is 18.3 Å². The van der Waals surface area contributed by atoms with Crippen molar-refractivity contribution in [2.75, 3.05) is 63.8 Å². The third kappa shape index (κ3) is 5.64. The number of piperazine rings is 2. The number of halogens is 3. The normalized spacial score (nSPS) is 23.7. The number of anilines is 1. The SMILES string of the molecule is CC(C)N1CCN(C[C@H](C(=O)N2CCN(c3ncnc4c3[C@H](C)C[C@H]4F)CC2)c2ccc(Cl)c(Cl)c2)CC1. The second-order valence-electron chi connectivity index (χ2n) is 11.1. The van der Waals surface area contributed by atoms with E-state index >= 15 is 0 Å². The van der Waals surface area contributed by atoms with E-state index in [-0.39, 0.29) is 17.7 Å². The summed E-state index contributed by atoms with van der Waals surface area (Å²) in [5, 5.41) is 0.956. The summed E-state index contributed by atoms with van der Waals surface area (Å²) in [6.45, 7) is 13.5. The first-order valence-corrected chi connectivity index (χ1v) is 14.4. The van der Waals surface area contributed by atoms with Crippen molar-refractivity contribution in [1.29, 1.82) is 0 Å². The van der Waals surface area contributed by atoms with Crippen molar-refractivity contribution in [2.45, 2.75) is 51.2 Å². The smallest absolute Gasteiger partial charge is 0.231 e. The molecule has 2 aromatic rings. The second-order valence-corrected chi connectivity index (χ2v) is 11.9. The third-order valence-corrected chi connectivity index (χ3v) is 9.10. The van der Waals surface area contributed by atoms with E-state index in [2.05, 4.69) is 38.5 Å². The summed E-state index contributed by atoms with van der Waals surface area (Å²) < 4.78 is 14.5. The van der Waals surface area contributed by atoms with Gasteiger partial charge in [0.2, 0.25) is 5.91 Å². The molecule has 38 heavy (non-hydrogen) atoms. The molecule has 1 aromatic heterocycles. The van der Waals surface area contributed by atoms with Crippen LogP contribution in [0.15, 0.2) is 24.5 Å². The van der Waals surface area contributed by atoms with E-state index in [0.717, 1.165) is 43.1 Å². The van der Waals surface area contributed by atoms with E-state index in [1.165, 1.54) is 6.33 Å². The molecule has 2 saturated heterocycles. The summed E-state index contributed by atoms with van der Waals surface area (Å²) in [6.07, 6.45) is 0.894. The number of fused-ring (bicyclic) bond motifs is 1. The minimum absolute atomic E-state index is 0.0889. The summed E-state index contributed by atoms with van der Waals surface area (Å²) in [7, 11) is 0. The molecule has 3 heterocycles. The topological polar surface area (TPSA) is 55.8 Å². The fourth-order valence-electron chi connectivity index (χ4n) is 6.05. The fourth-order valence-corrected chi connectivity index (χ4v) is 6.35. The molecule has 0 bridgehead atoms. The maximum atomic E-state index is 14.5. The van der Waals surface area contributed by atoms with Gasteiger partial charge < -0.3 is 9.80 Å². The van der Waals surface area contributed by atoms with Gasteiger partial charge in [0.05, 0.1) is 21.7 Å². The number of alkyl halides is 1. The zero-order valence-electron chi connectivity index (χ0n) is 22.4. The van der Waals surface area contributed by atoms with Gasteiger partial charge in [0.15, 0.2) is 0 Å². The molecule has 1 aliphatic carbocycles. The zero-order chi connectivity index (χ0) is 27.0. The molecule has 0 spiro atoms. The van der Waals surface area contributed by atoms with Crippen molar-refractivity contribution >= 4 is 34.9 Å². The Morgan fingerprint density at radius 3 is 2.39 bits per heavy atom. The number of amides is 1. The number of benzene rings is 1. The van der Waals surface area contributed by atoms with Gasteiger partial charge in [0.25, 0.3) is 0 Å². The highest BCUT2D eigenvalue weighted by atomic mass is 35.5. The molecular weight excluding hydrogens is 526 g/mol. The van der Waals surface area contributed by atoms with Crippen molar-refractivity contribution in [3.05, 3.63) is 51.4 Å². The van der Waals surface area contributed by atoms with Crippen molar-refractivity contribution in [2.24, 2.45) is 0 Å². The predicted octanol–water partition coefficient (Wildman–Crippen LogP) is 4.76. The van der Waals surface area contributed by atoms with E-state index in [4.69, 9.17) is 23.2 Å². The van der Waals surface area contributed by atoms with Gasteiger partial charge in [-0.3, -0.25) is 14.6 Å². The highest BCUT2D eigenvalue weighted by Gasteiger charge is 2.36. The molecule has 10 heteroatoms. The summed E-state index contributed by atoms with van der Waals surface area (Å²) in [5.41, 5.74) is 2.35. The van der Waals surface area contributed by atoms with Gasteiger partial charge >= 0.3 is 0 Å². The number of hydrogen-bond donors (Lipinski definition) is 0. The second kappa shape index (κ2) is 11.6. The molecular formula is C28H37Cl2FN6O. The van der Waals surface area contributed by atoms with Gasteiger partial charge in [-0.1, -0.05) is 36.2 Å². The Morgan fingerprint density at radius 1 is 1.03 bits per heavy atom. The number of hydrogen-bond acceptors (Lipinski definition) is 6. The standard InChI is InChI=1S/C28H37Cl2FN6O/c1-18(2)35-8-6-34(7-9-35)16-21(20-4-5-22(29)23(30)15-20)28(38)37-12-10-36(11-13-37)27-25-19(3)14-24(31)26(25)32-17-33-27/h4-5,15,17-19,21,24H,6-14,16H2,1-3H3/t19-,21+,24-/m1/s1. The van der Waals surface area contributed by atoms with E-state index in [9.17, 15) is 9.18 Å². The van der Waals surface area contributed by atoms with E-state index < -0.39 is 6.17 Å². The third-order valence-electron chi connectivity index (χ3n) is 8.36. The van der Waals surface area contributed by atoms with Crippen LogP contribution in [0.25, 0.3) is 0 Å². The Kier molecular flexibility index (Phi) is 8.43. The lowest BCUT2D eigenvalue weighted by atomic mass is 9.96. The molecule has 1 aromatic carbocycles. The molecule has 0 saturated carbocycles. The number of rotatable bonds is 6. The van der Waals surface area contributed by atoms with Gasteiger partial charge in [-0.25, -0.2) is 14.4 Å². The van der Waals surface area contributed by atoms with E-state index in [1.54, 1.807) is 6.07 Å². The molecule has 3 aliphatic rings. The Bertz CT molecular complexity index is 1150. The average Bonchev–Trinajstić information content (AvgIpc) is 3.22. The van der Waals surface area contributed by atoms with Crippen LogP contribution in [0.2, 0.25) is 10.0 Å². The summed E-state index contributed by atoms with van der Waals surface area (Å²) in [5.74, 6) is 0.696. The summed E-state index contributed by atoms with van der Waals surface area (Å²) in [6, 6.07) is 6.07. The summed E-state index contributed by atoms with van der Waals surface area (Å²) >= 11 is 12.6. The van der Waals surface area contributed by atoms with Crippen LogP contribution in [0.5, 0.6) is 0 Å². The van der Waals surface area contributed by atoms with E-state index in [0.29, 0.717) is 60.9 Å². The van der Waals surface area contributed by atoms with Gasteiger partial charge in [-0.15, -0.1) is 0 Å². The quantitative estimate of drug-likeness (QED) is 0.506. The molecule has 0 N–H and O–H groups in total. The average molecular weight is 564 g/mol. The Morgan fingerprint density at radius 2 is 1.74 bits per heavy atom. The van der Waals surface area contributed by atoms with Crippen LogP contribution in [0.1, 0.15) is 62.0 Å². The fraction of sp³-hybridized carbons (Fsp3) is 0.607. The van der Waals surface area contributed by atoms with E-state index in [1.807, 2.05) is 24.0 Å². The van der Waals surface area contributed by atoms with Crippen LogP contribution in [-0.4, -0.2) is 95.5 Å². The molecule has 2 fully saturated rings. The van der Waals surface area contributed by atoms with Crippen molar-refractivity contribution in [3.8, 4) is 0 Å². The molecule has 2 aliphatic heterocycles. The number of carbonyl (C=O) groups is 1. The molecule has 1 amide bonds. The predicted molar refractivity (Wildman–Crippen MR) is 150 cm³/mol. The van der Waals surface area contributed by atoms with Crippen LogP contribution in [0, 0.1) is 0 Å². The number of carbonyl (C=O) groups excluding carboxylic acids is 1.